The number of amides is 1. The standard InChI is InChI=1S/C15H12N4OS/c20-14(18-9-11-5-1-3-7-16-11)13-10-21-15(19-13)12-6-2-4-8-17-12/h1-8,10H,9H2,(H,18,20). The van der Waals surface area contributed by atoms with Gasteiger partial charge in [-0.05, 0) is 24.3 Å². The number of pyridine rings is 2. The third-order valence-electron chi connectivity index (χ3n) is 2.78. The highest BCUT2D eigenvalue weighted by Gasteiger charge is 2.12. The van der Waals surface area contributed by atoms with E-state index in [1.165, 1.54) is 11.3 Å². The van der Waals surface area contributed by atoms with Gasteiger partial charge in [-0.25, -0.2) is 4.98 Å². The van der Waals surface area contributed by atoms with Gasteiger partial charge in [0.2, 0.25) is 0 Å². The van der Waals surface area contributed by atoms with E-state index in [0.29, 0.717) is 12.2 Å². The van der Waals surface area contributed by atoms with Crippen LogP contribution in [0.3, 0.4) is 0 Å². The molecule has 0 aliphatic heterocycles. The second-order valence-electron chi connectivity index (χ2n) is 4.26. The van der Waals surface area contributed by atoms with Crippen LogP contribution in [-0.4, -0.2) is 20.9 Å². The average molecular weight is 296 g/mol. The first-order valence-corrected chi connectivity index (χ1v) is 7.26. The molecule has 0 saturated heterocycles. The molecule has 104 valence electrons. The molecule has 3 aromatic heterocycles. The predicted octanol–water partition coefficient (Wildman–Crippen LogP) is 2.53. The number of hydrogen-bond acceptors (Lipinski definition) is 5. The van der Waals surface area contributed by atoms with E-state index in [0.717, 1.165) is 16.4 Å². The number of thiazole rings is 1. The van der Waals surface area contributed by atoms with Gasteiger partial charge in [0.05, 0.1) is 17.9 Å². The number of hydrogen-bond donors (Lipinski definition) is 1. The Morgan fingerprint density at radius 3 is 2.62 bits per heavy atom. The molecule has 3 rings (SSSR count). The number of carbonyl (C=O) groups is 1. The van der Waals surface area contributed by atoms with Crippen molar-refractivity contribution in [1.29, 1.82) is 0 Å². The van der Waals surface area contributed by atoms with Crippen molar-refractivity contribution in [2.75, 3.05) is 0 Å². The Morgan fingerprint density at radius 2 is 1.90 bits per heavy atom. The fourth-order valence-corrected chi connectivity index (χ4v) is 2.52. The summed E-state index contributed by atoms with van der Waals surface area (Å²) in [6.07, 6.45) is 3.40. The van der Waals surface area contributed by atoms with E-state index in [1.54, 1.807) is 17.8 Å². The molecule has 0 aromatic carbocycles. The van der Waals surface area contributed by atoms with Crippen LogP contribution in [0.15, 0.2) is 54.2 Å². The van der Waals surface area contributed by atoms with E-state index in [4.69, 9.17) is 0 Å². The maximum Gasteiger partial charge on any atom is 0.271 e. The van der Waals surface area contributed by atoms with Crippen molar-refractivity contribution in [3.8, 4) is 10.7 Å². The minimum Gasteiger partial charge on any atom is -0.345 e. The van der Waals surface area contributed by atoms with Gasteiger partial charge < -0.3 is 5.32 Å². The van der Waals surface area contributed by atoms with Crippen LogP contribution in [0.5, 0.6) is 0 Å². The summed E-state index contributed by atoms with van der Waals surface area (Å²) in [7, 11) is 0. The molecule has 5 nitrogen and oxygen atoms in total. The quantitative estimate of drug-likeness (QED) is 0.803. The molecule has 0 aliphatic rings. The summed E-state index contributed by atoms with van der Waals surface area (Å²) in [5.41, 5.74) is 1.98. The van der Waals surface area contributed by atoms with Crippen LogP contribution in [-0.2, 0) is 6.54 Å². The van der Waals surface area contributed by atoms with E-state index in [2.05, 4.69) is 20.3 Å². The van der Waals surface area contributed by atoms with Gasteiger partial charge in [0.15, 0.2) is 0 Å². The van der Waals surface area contributed by atoms with Crippen LogP contribution in [0.4, 0.5) is 0 Å². The van der Waals surface area contributed by atoms with Crippen molar-refractivity contribution in [2.45, 2.75) is 6.54 Å². The normalized spacial score (nSPS) is 10.3. The lowest BCUT2D eigenvalue weighted by atomic mass is 10.3. The molecule has 0 aliphatic carbocycles. The highest BCUT2D eigenvalue weighted by molar-refractivity contribution is 7.13. The van der Waals surface area contributed by atoms with Crippen molar-refractivity contribution in [2.24, 2.45) is 0 Å². The molecule has 0 atom stereocenters. The Balaban J connectivity index is 1.67. The summed E-state index contributed by atoms with van der Waals surface area (Å²) < 4.78 is 0. The molecule has 1 N–H and O–H groups in total. The molecule has 0 fully saturated rings. The van der Waals surface area contributed by atoms with Crippen LogP contribution < -0.4 is 5.32 Å². The number of rotatable bonds is 4. The van der Waals surface area contributed by atoms with Crippen LogP contribution in [0, 0.1) is 0 Å². The van der Waals surface area contributed by atoms with Gasteiger partial charge in [-0.15, -0.1) is 11.3 Å². The maximum atomic E-state index is 12.0. The van der Waals surface area contributed by atoms with Crippen molar-refractivity contribution < 1.29 is 4.79 Å². The van der Waals surface area contributed by atoms with Crippen molar-refractivity contribution in [3.63, 3.8) is 0 Å². The molecule has 0 radical (unpaired) electrons. The van der Waals surface area contributed by atoms with Gasteiger partial charge in [0.1, 0.15) is 10.7 Å². The Morgan fingerprint density at radius 1 is 1.10 bits per heavy atom. The minimum atomic E-state index is -0.209. The first-order chi connectivity index (χ1) is 10.3. The molecule has 3 aromatic rings. The molecule has 0 saturated carbocycles. The fraction of sp³-hybridized carbons (Fsp3) is 0.0667. The summed E-state index contributed by atoms with van der Waals surface area (Å²) in [6, 6.07) is 11.2. The van der Waals surface area contributed by atoms with Gasteiger partial charge in [-0.2, -0.15) is 0 Å². The second kappa shape index (κ2) is 6.23. The molecular weight excluding hydrogens is 284 g/mol. The van der Waals surface area contributed by atoms with Crippen LogP contribution in [0.1, 0.15) is 16.2 Å². The summed E-state index contributed by atoms with van der Waals surface area (Å²) in [5, 5.41) is 5.27. The number of carbonyl (C=O) groups excluding carboxylic acids is 1. The molecule has 0 unspecified atom stereocenters. The highest BCUT2D eigenvalue weighted by atomic mass is 32.1. The SMILES string of the molecule is O=C(NCc1ccccn1)c1csc(-c2ccccn2)n1. The zero-order valence-corrected chi connectivity index (χ0v) is 11.9. The summed E-state index contributed by atoms with van der Waals surface area (Å²) in [5.74, 6) is -0.209. The Bertz CT molecular complexity index is 728. The van der Waals surface area contributed by atoms with Gasteiger partial charge in [0, 0.05) is 17.8 Å². The summed E-state index contributed by atoms with van der Waals surface area (Å²) >= 11 is 1.40. The molecule has 0 bridgehead atoms. The lowest BCUT2D eigenvalue weighted by Gasteiger charge is -2.02. The first-order valence-electron chi connectivity index (χ1n) is 6.38. The monoisotopic (exact) mass is 296 g/mol. The fourth-order valence-electron chi connectivity index (χ4n) is 1.75. The third-order valence-corrected chi connectivity index (χ3v) is 3.64. The van der Waals surface area contributed by atoms with E-state index < -0.39 is 0 Å². The van der Waals surface area contributed by atoms with Crippen molar-refractivity contribution in [3.05, 3.63) is 65.6 Å². The largest absolute Gasteiger partial charge is 0.345 e. The lowest BCUT2D eigenvalue weighted by molar-refractivity contribution is 0.0946. The van der Waals surface area contributed by atoms with E-state index in [1.807, 2.05) is 36.4 Å². The van der Waals surface area contributed by atoms with E-state index in [-0.39, 0.29) is 5.91 Å². The smallest absolute Gasteiger partial charge is 0.271 e. The zero-order valence-electron chi connectivity index (χ0n) is 11.1. The predicted molar refractivity (Wildman–Crippen MR) is 80.8 cm³/mol. The van der Waals surface area contributed by atoms with Crippen LogP contribution >= 0.6 is 11.3 Å². The maximum absolute atomic E-state index is 12.0. The Labute approximate surface area is 125 Å². The molecule has 0 spiro atoms. The van der Waals surface area contributed by atoms with Gasteiger partial charge >= 0.3 is 0 Å². The highest BCUT2D eigenvalue weighted by Crippen LogP contribution is 2.21. The number of aromatic nitrogens is 3. The molecule has 6 heteroatoms. The average Bonchev–Trinajstić information content (AvgIpc) is 3.04. The van der Waals surface area contributed by atoms with Crippen LogP contribution in [0.2, 0.25) is 0 Å². The Hall–Kier alpha value is -2.60. The number of nitrogens with zero attached hydrogens (tertiary/aromatic N) is 3. The first kappa shape index (κ1) is 13.4. The van der Waals surface area contributed by atoms with Gasteiger partial charge in [0.25, 0.3) is 5.91 Å². The van der Waals surface area contributed by atoms with E-state index in [9.17, 15) is 4.79 Å². The summed E-state index contributed by atoms with van der Waals surface area (Å²) in [4.78, 5) is 24.7. The van der Waals surface area contributed by atoms with Crippen molar-refractivity contribution in [1.82, 2.24) is 20.3 Å². The summed E-state index contributed by atoms with van der Waals surface area (Å²) in [6.45, 7) is 0.385. The molecular formula is C15H12N4OS. The van der Waals surface area contributed by atoms with Gasteiger partial charge in [-0.1, -0.05) is 12.1 Å². The van der Waals surface area contributed by atoms with Crippen LogP contribution in [0.25, 0.3) is 10.7 Å². The number of nitrogens with one attached hydrogen (secondary N) is 1. The van der Waals surface area contributed by atoms with Crippen molar-refractivity contribution >= 4 is 17.2 Å². The van der Waals surface area contributed by atoms with E-state index >= 15 is 0 Å². The zero-order chi connectivity index (χ0) is 14.5. The van der Waals surface area contributed by atoms with Gasteiger partial charge in [-0.3, -0.25) is 14.8 Å². The topological polar surface area (TPSA) is 67.8 Å². The molecule has 21 heavy (non-hydrogen) atoms. The molecule has 1 amide bonds. The third kappa shape index (κ3) is 3.29. The second-order valence-corrected chi connectivity index (χ2v) is 5.11. The minimum absolute atomic E-state index is 0.209. The Kier molecular flexibility index (Phi) is 3.97. The lowest BCUT2D eigenvalue weighted by Crippen LogP contribution is -2.23. The molecule has 3 heterocycles.